The molecule has 25 heavy (non-hydrogen) atoms. The van der Waals surface area contributed by atoms with E-state index in [-0.39, 0.29) is 9.92 Å². The van der Waals surface area contributed by atoms with E-state index in [2.05, 4.69) is 4.74 Å². The summed E-state index contributed by atoms with van der Waals surface area (Å²) in [6.07, 6.45) is 0. The number of methoxy groups -OCH3 is 1. The number of nitro groups is 1. The second kappa shape index (κ2) is 6.57. The minimum Gasteiger partial charge on any atom is -0.504 e. The molecule has 0 spiro atoms. The van der Waals surface area contributed by atoms with Crippen LogP contribution in [0.5, 0.6) is 11.5 Å². The van der Waals surface area contributed by atoms with Crippen LogP contribution < -0.4 is 0 Å². The molecular formula is C14H10ClNO8S. The van der Waals surface area contributed by atoms with Gasteiger partial charge in [-0.25, -0.2) is 13.2 Å². The number of hydrogen-bond donors (Lipinski definition) is 2. The summed E-state index contributed by atoms with van der Waals surface area (Å²) in [6.45, 7) is 0. The third kappa shape index (κ3) is 3.21. The van der Waals surface area contributed by atoms with Crippen LogP contribution in [0.2, 0.25) is 5.02 Å². The van der Waals surface area contributed by atoms with Gasteiger partial charge in [-0.2, -0.15) is 0 Å². The maximum Gasteiger partial charge on any atom is 0.346 e. The Morgan fingerprint density at radius 3 is 2.28 bits per heavy atom. The molecule has 0 unspecified atom stereocenters. The summed E-state index contributed by atoms with van der Waals surface area (Å²) in [6, 6.07) is 5.31. The SMILES string of the molecule is COC(=O)c1c(S(=O)(=O)c2ccc(Cl)cc2)cc(O)c(O)c1[N+](=O)[O-]. The largest absolute Gasteiger partial charge is 0.504 e. The lowest BCUT2D eigenvalue weighted by atomic mass is 10.1. The van der Waals surface area contributed by atoms with Gasteiger partial charge in [-0.3, -0.25) is 10.1 Å². The average molecular weight is 388 g/mol. The van der Waals surface area contributed by atoms with Crippen molar-refractivity contribution in [1.29, 1.82) is 0 Å². The van der Waals surface area contributed by atoms with Crippen molar-refractivity contribution in [2.45, 2.75) is 9.79 Å². The van der Waals surface area contributed by atoms with Crippen molar-refractivity contribution in [2.24, 2.45) is 0 Å². The lowest BCUT2D eigenvalue weighted by Crippen LogP contribution is -2.14. The van der Waals surface area contributed by atoms with Gasteiger partial charge < -0.3 is 14.9 Å². The van der Waals surface area contributed by atoms with E-state index in [4.69, 9.17) is 11.6 Å². The van der Waals surface area contributed by atoms with Crippen LogP contribution in [0.1, 0.15) is 10.4 Å². The third-order valence-electron chi connectivity index (χ3n) is 3.20. The number of carbonyl (C=O) groups is 1. The zero-order chi connectivity index (χ0) is 18.9. The summed E-state index contributed by atoms with van der Waals surface area (Å²) >= 11 is 5.69. The van der Waals surface area contributed by atoms with Gasteiger partial charge in [-0.1, -0.05) is 11.6 Å². The third-order valence-corrected chi connectivity index (χ3v) is 5.25. The van der Waals surface area contributed by atoms with E-state index in [0.717, 1.165) is 19.2 Å². The molecule has 0 amide bonds. The van der Waals surface area contributed by atoms with E-state index < -0.39 is 48.4 Å². The Bertz CT molecular complexity index is 969. The van der Waals surface area contributed by atoms with Gasteiger partial charge in [-0.15, -0.1) is 0 Å². The molecule has 0 saturated heterocycles. The van der Waals surface area contributed by atoms with Crippen LogP contribution in [0.25, 0.3) is 0 Å². The van der Waals surface area contributed by atoms with Crippen LogP contribution in [0.3, 0.4) is 0 Å². The topological polar surface area (TPSA) is 144 Å². The minimum atomic E-state index is -4.47. The van der Waals surface area contributed by atoms with E-state index in [1.165, 1.54) is 12.1 Å². The number of benzene rings is 2. The van der Waals surface area contributed by atoms with E-state index in [1.807, 2.05) is 0 Å². The van der Waals surface area contributed by atoms with E-state index in [0.29, 0.717) is 6.07 Å². The first-order chi connectivity index (χ1) is 11.6. The smallest absolute Gasteiger partial charge is 0.346 e. The summed E-state index contributed by atoms with van der Waals surface area (Å²) in [7, 11) is -3.59. The lowest BCUT2D eigenvalue weighted by molar-refractivity contribution is -0.386. The minimum absolute atomic E-state index is 0.242. The Hall–Kier alpha value is -2.85. The summed E-state index contributed by atoms with van der Waals surface area (Å²) in [4.78, 5) is 20.7. The molecule has 0 aliphatic carbocycles. The fraction of sp³-hybridized carbons (Fsp3) is 0.0714. The molecule has 0 aromatic heterocycles. The van der Waals surface area contributed by atoms with Crippen LogP contribution in [0, 0.1) is 10.1 Å². The molecule has 0 aliphatic rings. The molecule has 2 N–H and O–H groups in total. The number of aromatic hydroxyl groups is 2. The number of phenolic OH excluding ortho intramolecular Hbond substituents is 2. The highest BCUT2D eigenvalue weighted by Gasteiger charge is 2.37. The van der Waals surface area contributed by atoms with Gasteiger partial charge in [0.1, 0.15) is 0 Å². The predicted molar refractivity (Wildman–Crippen MR) is 84.7 cm³/mol. The van der Waals surface area contributed by atoms with Crippen molar-refractivity contribution in [3.8, 4) is 11.5 Å². The van der Waals surface area contributed by atoms with Crippen LogP contribution in [-0.4, -0.2) is 36.6 Å². The van der Waals surface area contributed by atoms with Gasteiger partial charge in [0, 0.05) is 11.1 Å². The Labute approximate surface area is 146 Å². The number of carbonyl (C=O) groups excluding carboxylic acids is 1. The summed E-state index contributed by atoms with van der Waals surface area (Å²) < 4.78 is 29.9. The van der Waals surface area contributed by atoms with Gasteiger partial charge >= 0.3 is 11.7 Å². The predicted octanol–water partition coefficient (Wildman–Crippen LogP) is 2.28. The fourth-order valence-corrected chi connectivity index (χ4v) is 3.64. The molecule has 0 atom stereocenters. The molecule has 9 nitrogen and oxygen atoms in total. The van der Waals surface area contributed by atoms with Crippen molar-refractivity contribution < 1.29 is 33.1 Å². The molecule has 0 aliphatic heterocycles. The highest BCUT2D eigenvalue weighted by molar-refractivity contribution is 7.91. The number of nitro benzene ring substituents is 1. The number of sulfone groups is 1. The maximum atomic E-state index is 12.8. The highest BCUT2D eigenvalue weighted by Crippen LogP contribution is 2.43. The monoisotopic (exact) mass is 387 g/mol. The van der Waals surface area contributed by atoms with Gasteiger partial charge in [-0.05, 0) is 24.3 Å². The molecule has 2 aromatic rings. The maximum absolute atomic E-state index is 12.8. The number of hydrogen-bond acceptors (Lipinski definition) is 8. The molecule has 0 saturated carbocycles. The van der Waals surface area contributed by atoms with Crippen molar-refractivity contribution in [3.05, 3.63) is 51.0 Å². The zero-order valence-electron chi connectivity index (χ0n) is 12.5. The quantitative estimate of drug-likeness (QED) is 0.352. The van der Waals surface area contributed by atoms with Crippen molar-refractivity contribution in [3.63, 3.8) is 0 Å². The number of ether oxygens (including phenoxy) is 1. The normalized spacial score (nSPS) is 11.1. The fourth-order valence-electron chi connectivity index (χ4n) is 2.05. The Balaban J connectivity index is 2.91. The first-order valence-electron chi connectivity index (χ1n) is 6.43. The van der Waals surface area contributed by atoms with Crippen LogP contribution >= 0.6 is 11.6 Å². The Morgan fingerprint density at radius 1 is 1.24 bits per heavy atom. The summed E-state index contributed by atoms with van der Waals surface area (Å²) in [5.41, 5.74) is -2.28. The van der Waals surface area contributed by atoms with Gasteiger partial charge in [0.2, 0.25) is 15.6 Å². The number of nitrogens with zero attached hydrogens (tertiary/aromatic N) is 1. The summed E-state index contributed by atoms with van der Waals surface area (Å²) in [5, 5.41) is 30.8. The van der Waals surface area contributed by atoms with Crippen LogP contribution in [0.15, 0.2) is 40.1 Å². The molecule has 11 heteroatoms. The molecular weight excluding hydrogens is 378 g/mol. The molecule has 2 rings (SSSR count). The molecule has 0 heterocycles. The standard InChI is InChI=1S/C14H10ClNO8S/c1-24-14(19)11-10(6-9(17)13(18)12(11)16(20)21)25(22,23)8-4-2-7(15)3-5-8/h2-6,17-18H,1H3. The number of esters is 1. The zero-order valence-corrected chi connectivity index (χ0v) is 14.0. The second-order valence-electron chi connectivity index (χ2n) is 4.67. The van der Waals surface area contributed by atoms with Gasteiger partial charge in [0.05, 0.1) is 21.8 Å². The van der Waals surface area contributed by atoms with E-state index in [1.54, 1.807) is 0 Å². The molecule has 132 valence electrons. The Kier molecular flexibility index (Phi) is 4.86. The van der Waals surface area contributed by atoms with Gasteiger partial charge in [0.25, 0.3) is 0 Å². The molecule has 0 radical (unpaired) electrons. The first kappa shape index (κ1) is 18.5. The van der Waals surface area contributed by atoms with Crippen LogP contribution in [-0.2, 0) is 14.6 Å². The van der Waals surface area contributed by atoms with E-state index in [9.17, 15) is 33.5 Å². The average Bonchev–Trinajstić information content (AvgIpc) is 2.55. The number of rotatable bonds is 4. The summed E-state index contributed by atoms with van der Waals surface area (Å²) in [5.74, 6) is -3.69. The van der Waals surface area contributed by atoms with Gasteiger partial charge in [0.15, 0.2) is 11.3 Å². The highest BCUT2D eigenvalue weighted by atomic mass is 35.5. The molecule has 0 bridgehead atoms. The molecule has 2 aromatic carbocycles. The molecule has 0 fully saturated rings. The van der Waals surface area contributed by atoms with Crippen molar-refractivity contribution in [2.75, 3.05) is 7.11 Å². The van der Waals surface area contributed by atoms with E-state index >= 15 is 0 Å². The second-order valence-corrected chi connectivity index (χ2v) is 7.03. The first-order valence-corrected chi connectivity index (χ1v) is 8.29. The van der Waals surface area contributed by atoms with Crippen LogP contribution in [0.4, 0.5) is 5.69 Å². The lowest BCUT2D eigenvalue weighted by Gasteiger charge is -2.12. The number of halogens is 1. The Morgan fingerprint density at radius 2 is 1.80 bits per heavy atom. The van der Waals surface area contributed by atoms with Crippen molar-refractivity contribution >= 4 is 33.1 Å². The number of phenols is 2. The van der Waals surface area contributed by atoms with Crippen molar-refractivity contribution in [1.82, 2.24) is 0 Å².